The Morgan fingerprint density at radius 1 is 0.277 bits per heavy atom. The average molecular weight is 818 g/mol. The minimum Gasteiger partial charge on any atom is -0.310 e. The molecule has 0 fully saturated rings. The van der Waals surface area contributed by atoms with E-state index in [1.807, 2.05) is 6.07 Å². The predicted octanol–water partition coefficient (Wildman–Crippen LogP) is 12.6. The zero-order valence-electron chi connectivity index (χ0n) is 35.5. The number of aromatic nitrogens is 2. The van der Waals surface area contributed by atoms with Crippen molar-refractivity contribution < 1.29 is 0 Å². The van der Waals surface area contributed by atoms with Crippen LogP contribution in [0.4, 0.5) is 0 Å². The molecule has 5 heteroatoms. The second kappa shape index (κ2) is 15.7. The van der Waals surface area contributed by atoms with Gasteiger partial charge in [-0.15, -0.1) is 0 Å². The number of hydrogen-bond donors (Lipinski definition) is 0. The van der Waals surface area contributed by atoms with Crippen LogP contribution in [0.2, 0.25) is 0 Å². The molecule has 0 N–H and O–H groups in total. The number of hydrogen-bond acceptors (Lipinski definition) is 0. The highest BCUT2D eigenvalue weighted by Gasteiger charge is 2.23. The Kier molecular flexibility index (Phi) is 9.31. The summed E-state index contributed by atoms with van der Waals surface area (Å²) in [6.07, 6.45) is 0. The highest BCUT2D eigenvalue weighted by Crippen LogP contribution is 2.42. The van der Waals surface area contributed by atoms with Crippen LogP contribution in [0.15, 0.2) is 224 Å². The van der Waals surface area contributed by atoms with Crippen molar-refractivity contribution in [3.63, 3.8) is 0 Å². The van der Waals surface area contributed by atoms with Crippen molar-refractivity contribution in [2.24, 2.45) is 0 Å². The molecule has 0 saturated carbocycles. The van der Waals surface area contributed by atoms with Gasteiger partial charge in [0, 0.05) is 38.4 Å². The summed E-state index contributed by atoms with van der Waals surface area (Å²) in [5, 5.41) is 4.12. The van der Waals surface area contributed by atoms with Crippen LogP contribution < -0.4 is 16.4 Å². The van der Waals surface area contributed by atoms with Crippen molar-refractivity contribution in [3.05, 3.63) is 224 Å². The van der Waals surface area contributed by atoms with Crippen molar-refractivity contribution in [3.8, 4) is 67.0 Å². The van der Waals surface area contributed by atoms with E-state index in [2.05, 4.69) is 228 Å². The maximum Gasteiger partial charge on any atom is 0.115 e. The molecule has 0 saturated heterocycles. The Labute approximate surface area is 382 Å². The summed E-state index contributed by atoms with van der Waals surface area (Å²) in [6.45, 7) is 0. The first kappa shape index (κ1) is 38.7. The minimum absolute atomic E-state index is 0.453. The van der Waals surface area contributed by atoms with Gasteiger partial charge in [-0.2, -0.15) is 0 Å². The SMILES string of the molecule is [B]c1c(-c2ccc3c(c2)c2c(-c4cccc(-c5ccccc5)c4)cccc2n3-c2cccc(-c3ccccc3)c2)c([B])c2c3ccccc3n(-c3ccc(-c4ccccc4)cc3)c2c1[B]. The molecule has 2 aromatic heterocycles. The minimum atomic E-state index is 0.453. The maximum absolute atomic E-state index is 7.44. The van der Waals surface area contributed by atoms with Gasteiger partial charge in [-0.25, -0.2) is 0 Å². The molecule has 0 bridgehead atoms. The van der Waals surface area contributed by atoms with E-state index in [0.717, 1.165) is 99.5 Å². The van der Waals surface area contributed by atoms with E-state index < -0.39 is 0 Å². The third-order valence-electron chi connectivity index (χ3n) is 13.0. The summed E-state index contributed by atoms with van der Waals surface area (Å²) in [5.41, 5.74) is 18.4. The van der Waals surface area contributed by atoms with Crippen LogP contribution in [0.5, 0.6) is 0 Å². The van der Waals surface area contributed by atoms with Gasteiger partial charge in [0.1, 0.15) is 23.5 Å². The number of para-hydroxylation sites is 1. The van der Waals surface area contributed by atoms with Crippen LogP contribution in [0.3, 0.4) is 0 Å². The summed E-state index contributed by atoms with van der Waals surface area (Å²) in [6, 6.07) is 79.3. The topological polar surface area (TPSA) is 9.86 Å². The molecule has 296 valence electrons. The highest BCUT2D eigenvalue weighted by molar-refractivity contribution is 6.60. The first-order valence-corrected chi connectivity index (χ1v) is 22.0. The van der Waals surface area contributed by atoms with Crippen molar-refractivity contribution >= 4 is 83.5 Å². The van der Waals surface area contributed by atoms with E-state index in [0.29, 0.717) is 16.4 Å². The zero-order valence-corrected chi connectivity index (χ0v) is 35.5. The van der Waals surface area contributed by atoms with Crippen LogP contribution in [-0.2, 0) is 0 Å². The third-order valence-corrected chi connectivity index (χ3v) is 13.0. The molecule has 2 nitrogen and oxygen atoms in total. The lowest BCUT2D eigenvalue weighted by molar-refractivity contribution is 1.18. The summed E-state index contributed by atoms with van der Waals surface area (Å²) >= 11 is 0. The number of fused-ring (bicyclic) bond motifs is 6. The fourth-order valence-electron chi connectivity index (χ4n) is 10.0. The molecule has 12 aromatic rings. The third kappa shape index (κ3) is 6.38. The van der Waals surface area contributed by atoms with Gasteiger partial charge >= 0.3 is 0 Å². The highest BCUT2D eigenvalue weighted by atomic mass is 15.0. The van der Waals surface area contributed by atoms with Gasteiger partial charge in [0.2, 0.25) is 0 Å². The fourth-order valence-corrected chi connectivity index (χ4v) is 10.0. The van der Waals surface area contributed by atoms with Gasteiger partial charge in [-0.3, -0.25) is 0 Å². The van der Waals surface area contributed by atoms with Gasteiger partial charge in [0.25, 0.3) is 0 Å². The van der Waals surface area contributed by atoms with Crippen molar-refractivity contribution in [2.45, 2.75) is 0 Å². The van der Waals surface area contributed by atoms with Crippen LogP contribution in [0.1, 0.15) is 0 Å². The van der Waals surface area contributed by atoms with Crippen molar-refractivity contribution in [1.29, 1.82) is 0 Å². The predicted molar refractivity (Wildman–Crippen MR) is 278 cm³/mol. The van der Waals surface area contributed by atoms with Crippen LogP contribution in [0, 0.1) is 0 Å². The second-order valence-corrected chi connectivity index (χ2v) is 16.7. The molecule has 2 heterocycles. The second-order valence-electron chi connectivity index (χ2n) is 16.7. The molecule has 12 rings (SSSR count). The monoisotopic (exact) mass is 818 g/mol. The smallest absolute Gasteiger partial charge is 0.115 e. The van der Waals surface area contributed by atoms with E-state index in [1.165, 1.54) is 11.1 Å². The molecule has 0 aliphatic carbocycles. The first-order chi connectivity index (χ1) is 32.0. The molecule has 0 aliphatic heterocycles. The number of rotatable bonds is 7. The number of benzene rings is 10. The summed E-state index contributed by atoms with van der Waals surface area (Å²) in [7, 11) is 21.9. The molecular formula is C60H37B3N2. The molecular weight excluding hydrogens is 781 g/mol. The van der Waals surface area contributed by atoms with Crippen molar-refractivity contribution in [2.75, 3.05) is 0 Å². The summed E-state index contributed by atoms with van der Waals surface area (Å²) in [4.78, 5) is 0. The Morgan fingerprint density at radius 2 is 0.800 bits per heavy atom. The normalized spacial score (nSPS) is 11.6. The van der Waals surface area contributed by atoms with E-state index in [1.54, 1.807) is 0 Å². The Hall–Kier alpha value is -8.01. The molecule has 6 radical (unpaired) electrons. The Bertz CT molecular complexity index is 3780. The van der Waals surface area contributed by atoms with E-state index in [-0.39, 0.29) is 0 Å². The molecule has 0 aliphatic rings. The van der Waals surface area contributed by atoms with Crippen LogP contribution in [-0.4, -0.2) is 32.7 Å². The largest absolute Gasteiger partial charge is 0.310 e. The standard InChI is InChI=1S/C60H37B3N2/c61-57-54(58(62)59(63)60-56(57)49-25-10-11-27-51(49)65(60)46-32-29-41(30-33-46)38-15-4-1-5-16-38)45-31-34-52-50(37-45)55-48(44-23-12-21-42(35-44)39-17-6-2-7-18-39)26-14-28-53(55)64(52)47-24-13-22-43(36-47)40-19-8-3-9-20-40/h1-37H. The van der Waals surface area contributed by atoms with Gasteiger partial charge in [0.15, 0.2) is 0 Å². The summed E-state index contributed by atoms with van der Waals surface area (Å²) in [5.74, 6) is 0. The lowest BCUT2D eigenvalue weighted by atomic mass is 9.69. The molecule has 10 aromatic carbocycles. The zero-order chi connectivity index (χ0) is 43.6. The van der Waals surface area contributed by atoms with Crippen LogP contribution >= 0.6 is 0 Å². The number of nitrogens with zero attached hydrogens (tertiary/aromatic N) is 2. The van der Waals surface area contributed by atoms with Crippen molar-refractivity contribution in [1.82, 2.24) is 9.13 Å². The lowest BCUT2D eigenvalue weighted by Gasteiger charge is -2.19. The fraction of sp³-hybridized carbons (Fsp3) is 0. The molecule has 0 unspecified atom stereocenters. The molecule has 0 atom stereocenters. The Balaban J connectivity index is 1.09. The molecule has 0 amide bonds. The Morgan fingerprint density at radius 3 is 1.51 bits per heavy atom. The average Bonchev–Trinajstić information content (AvgIpc) is 3.90. The van der Waals surface area contributed by atoms with Gasteiger partial charge in [-0.1, -0.05) is 186 Å². The van der Waals surface area contributed by atoms with Gasteiger partial charge < -0.3 is 9.13 Å². The summed E-state index contributed by atoms with van der Waals surface area (Å²) < 4.78 is 4.58. The molecule has 0 spiro atoms. The lowest BCUT2D eigenvalue weighted by Crippen LogP contribution is -2.35. The van der Waals surface area contributed by atoms with Gasteiger partial charge in [-0.05, 0) is 110 Å². The molecule has 65 heavy (non-hydrogen) atoms. The van der Waals surface area contributed by atoms with Crippen LogP contribution in [0.25, 0.3) is 111 Å². The first-order valence-electron chi connectivity index (χ1n) is 22.0. The van der Waals surface area contributed by atoms with E-state index in [9.17, 15) is 0 Å². The quantitative estimate of drug-likeness (QED) is 0.142. The van der Waals surface area contributed by atoms with E-state index in [4.69, 9.17) is 23.5 Å². The van der Waals surface area contributed by atoms with E-state index >= 15 is 0 Å². The maximum atomic E-state index is 7.44. The van der Waals surface area contributed by atoms with Gasteiger partial charge in [0.05, 0.1) is 16.6 Å².